The van der Waals surface area contributed by atoms with Crippen LogP contribution in [0.15, 0.2) is 46.9 Å². The van der Waals surface area contributed by atoms with Crippen LogP contribution in [0.2, 0.25) is 4.34 Å². The number of carbonyl (C=O) groups is 3. The molecule has 0 aliphatic carbocycles. The van der Waals surface area contributed by atoms with E-state index in [4.69, 9.17) is 20.8 Å². The number of Topliss-reactive ketones (excluding diaryl/α,β-unsaturated/α-hetero) is 1. The second kappa shape index (κ2) is 9.25. The van der Waals surface area contributed by atoms with Crippen molar-refractivity contribution in [3.05, 3.63) is 51.7 Å². The van der Waals surface area contributed by atoms with Crippen LogP contribution in [0.1, 0.15) is 22.5 Å². The van der Waals surface area contributed by atoms with Crippen molar-refractivity contribution in [3.8, 4) is 11.5 Å². The fourth-order valence-corrected chi connectivity index (χ4v) is 3.16. The van der Waals surface area contributed by atoms with Crippen molar-refractivity contribution in [3.63, 3.8) is 0 Å². The molecule has 1 N–H and O–H groups in total. The Morgan fingerprint density at radius 3 is 2.57 bits per heavy atom. The van der Waals surface area contributed by atoms with Gasteiger partial charge < -0.3 is 9.15 Å². The van der Waals surface area contributed by atoms with E-state index in [1.165, 1.54) is 0 Å². The molecule has 0 fully saturated rings. The van der Waals surface area contributed by atoms with Crippen molar-refractivity contribution in [2.75, 3.05) is 11.9 Å². The third kappa shape index (κ3) is 5.48. The van der Waals surface area contributed by atoms with Gasteiger partial charge in [0.2, 0.25) is 5.89 Å². The van der Waals surface area contributed by atoms with Crippen molar-refractivity contribution in [2.45, 2.75) is 12.8 Å². The number of hydrogen-bond donors (Lipinski definition) is 1. The van der Waals surface area contributed by atoms with E-state index in [2.05, 4.69) is 15.5 Å². The minimum Gasteiger partial charge on any atom is -0.456 e. The first-order valence-electron chi connectivity index (χ1n) is 8.14. The zero-order valence-electron chi connectivity index (χ0n) is 14.4. The van der Waals surface area contributed by atoms with Crippen molar-refractivity contribution in [2.24, 2.45) is 0 Å². The van der Waals surface area contributed by atoms with Gasteiger partial charge in [-0.15, -0.1) is 16.4 Å². The van der Waals surface area contributed by atoms with Crippen molar-refractivity contribution in [1.82, 2.24) is 10.2 Å². The third-order valence-corrected chi connectivity index (χ3v) is 4.73. The molecule has 0 aliphatic rings. The monoisotopic (exact) mass is 419 g/mol. The Bertz CT molecular complexity index is 986. The van der Waals surface area contributed by atoms with Gasteiger partial charge in [-0.1, -0.05) is 34.9 Å². The van der Waals surface area contributed by atoms with Crippen molar-refractivity contribution < 1.29 is 23.5 Å². The van der Waals surface area contributed by atoms with Gasteiger partial charge in [-0.3, -0.25) is 19.7 Å². The molecule has 0 atom stereocenters. The van der Waals surface area contributed by atoms with Crippen LogP contribution in [0.25, 0.3) is 11.5 Å². The van der Waals surface area contributed by atoms with Crippen LogP contribution >= 0.6 is 22.9 Å². The van der Waals surface area contributed by atoms with Crippen LogP contribution in [0, 0.1) is 0 Å². The third-order valence-electron chi connectivity index (χ3n) is 3.46. The van der Waals surface area contributed by atoms with Gasteiger partial charge in [0.25, 0.3) is 5.91 Å². The molecule has 0 radical (unpaired) electrons. The van der Waals surface area contributed by atoms with Gasteiger partial charge in [0.05, 0.1) is 15.6 Å². The Morgan fingerprint density at radius 1 is 1.07 bits per heavy atom. The summed E-state index contributed by atoms with van der Waals surface area (Å²) in [4.78, 5) is 35.9. The lowest BCUT2D eigenvalue weighted by atomic mass is 10.2. The number of thiophene rings is 1. The maximum absolute atomic E-state index is 11.9. The average molecular weight is 420 g/mol. The number of ether oxygens (including phenoxy) is 1. The molecule has 0 saturated heterocycles. The first kappa shape index (κ1) is 19.7. The number of nitrogens with one attached hydrogen (secondary N) is 1. The highest BCUT2D eigenvalue weighted by Gasteiger charge is 2.15. The first-order valence-corrected chi connectivity index (χ1v) is 9.33. The van der Waals surface area contributed by atoms with Crippen LogP contribution in [0.5, 0.6) is 0 Å². The number of esters is 1. The van der Waals surface area contributed by atoms with Gasteiger partial charge in [-0.05, 0) is 24.3 Å². The molecule has 0 spiro atoms. The maximum Gasteiger partial charge on any atom is 0.322 e. The predicted molar refractivity (Wildman–Crippen MR) is 102 cm³/mol. The summed E-state index contributed by atoms with van der Waals surface area (Å²) in [5.41, 5.74) is 0.707. The zero-order valence-corrected chi connectivity index (χ0v) is 16.0. The number of nitrogens with zero attached hydrogens (tertiary/aromatic N) is 2. The Labute approximate surface area is 168 Å². The summed E-state index contributed by atoms with van der Waals surface area (Å²) in [6.07, 6.45) is -0.165. The molecular formula is C18H14ClN3O5S. The van der Waals surface area contributed by atoms with E-state index in [9.17, 15) is 14.4 Å². The molecule has 2 aromatic heterocycles. The molecular weight excluding hydrogens is 406 g/mol. The average Bonchev–Trinajstić information content (AvgIpc) is 3.34. The number of benzene rings is 1. The summed E-state index contributed by atoms with van der Waals surface area (Å²) >= 11 is 6.91. The highest BCUT2D eigenvalue weighted by Crippen LogP contribution is 2.23. The number of ketones is 1. The smallest absolute Gasteiger partial charge is 0.322 e. The minimum absolute atomic E-state index is 0.0264. The van der Waals surface area contributed by atoms with E-state index in [1.54, 1.807) is 24.3 Å². The molecule has 2 heterocycles. The summed E-state index contributed by atoms with van der Waals surface area (Å²) in [5, 5.41) is 9.88. The quantitative estimate of drug-likeness (QED) is 0.438. The van der Waals surface area contributed by atoms with E-state index in [1.807, 2.05) is 18.2 Å². The number of anilines is 1. The first-order chi connectivity index (χ1) is 13.5. The largest absolute Gasteiger partial charge is 0.456 e. The van der Waals surface area contributed by atoms with Crippen LogP contribution in [-0.4, -0.2) is 34.5 Å². The molecule has 0 aliphatic heterocycles. The summed E-state index contributed by atoms with van der Waals surface area (Å²) in [6, 6.07) is 12.2. The van der Waals surface area contributed by atoms with E-state index in [0.29, 0.717) is 14.8 Å². The van der Waals surface area contributed by atoms with Gasteiger partial charge >= 0.3 is 12.0 Å². The van der Waals surface area contributed by atoms with Gasteiger partial charge in [-0.2, -0.15) is 0 Å². The molecule has 1 amide bonds. The fraction of sp³-hybridized carbons (Fsp3) is 0.167. The summed E-state index contributed by atoms with van der Waals surface area (Å²) in [6.45, 7) is -0.527. The Morgan fingerprint density at radius 2 is 1.86 bits per heavy atom. The van der Waals surface area contributed by atoms with E-state index in [-0.39, 0.29) is 30.5 Å². The number of amides is 1. The Hall–Kier alpha value is -3.04. The summed E-state index contributed by atoms with van der Waals surface area (Å²) in [5.74, 6) is -1.26. The molecule has 8 nitrogen and oxygen atoms in total. The summed E-state index contributed by atoms with van der Waals surface area (Å²) in [7, 11) is 0. The second-order valence-electron chi connectivity index (χ2n) is 5.51. The lowest BCUT2D eigenvalue weighted by molar-refractivity contribution is -0.147. The van der Waals surface area contributed by atoms with Gasteiger partial charge in [-0.25, -0.2) is 0 Å². The number of rotatable bonds is 8. The van der Waals surface area contributed by atoms with Crippen LogP contribution in [0.4, 0.5) is 6.01 Å². The van der Waals surface area contributed by atoms with Gasteiger partial charge in [0, 0.05) is 12.0 Å². The molecule has 0 bridgehead atoms. The van der Waals surface area contributed by atoms with Crippen LogP contribution < -0.4 is 5.32 Å². The van der Waals surface area contributed by atoms with Crippen molar-refractivity contribution in [1.29, 1.82) is 0 Å². The SMILES string of the molecule is O=C(COC(=O)CCC(=O)c1ccc(Cl)s1)Nc1nnc(-c2ccccc2)o1. The molecule has 3 aromatic rings. The highest BCUT2D eigenvalue weighted by molar-refractivity contribution is 7.18. The topological polar surface area (TPSA) is 111 Å². The Balaban J connectivity index is 1.41. The van der Waals surface area contributed by atoms with Crippen LogP contribution in [-0.2, 0) is 14.3 Å². The number of aromatic nitrogens is 2. The standard InChI is InChI=1S/C18H14ClN3O5S/c19-14-8-7-13(28-14)12(23)6-9-16(25)26-10-15(24)20-18-22-21-17(27-18)11-4-2-1-3-5-11/h1-5,7-8H,6,9-10H2,(H,20,22,24). The highest BCUT2D eigenvalue weighted by atomic mass is 35.5. The summed E-state index contributed by atoms with van der Waals surface area (Å²) < 4.78 is 10.7. The number of halogens is 1. The maximum atomic E-state index is 11.9. The van der Waals surface area contributed by atoms with Gasteiger partial charge in [0.15, 0.2) is 12.4 Å². The second-order valence-corrected chi connectivity index (χ2v) is 7.23. The van der Waals surface area contributed by atoms with Crippen LogP contribution in [0.3, 0.4) is 0 Å². The van der Waals surface area contributed by atoms with E-state index in [0.717, 1.165) is 11.3 Å². The molecule has 1 aromatic carbocycles. The normalized spacial score (nSPS) is 10.5. The predicted octanol–water partition coefficient (Wildman–Crippen LogP) is 3.60. The molecule has 144 valence electrons. The van der Waals surface area contributed by atoms with Crippen molar-refractivity contribution >= 4 is 46.6 Å². The van der Waals surface area contributed by atoms with E-state index < -0.39 is 18.5 Å². The number of carbonyl (C=O) groups excluding carboxylic acids is 3. The number of hydrogen-bond acceptors (Lipinski definition) is 8. The molecule has 0 saturated carbocycles. The molecule has 28 heavy (non-hydrogen) atoms. The Kier molecular flexibility index (Phi) is 6.51. The lowest BCUT2D eigenvalue weighted by Crippen LogP contribution is -2.21. The van der Waals surface area contributed by atoms with E-state index >= 15 is 0 Å². The molecule has 0 unspecified atom stereocenters. The molecule has 3 rings (SSSR count). The minimum atomic E-state index is -0.665. The fourth-order valence-electron chi connectivity index (χ4n) is 2.15. The molecule has 10 heteroatoms. The zero-order chi connectivity index (χ0) is 19.9. The lowest BCUT2D eigenvalue weighted by Gasteiger charge is -2.03. The van der Waals surface area contributed by atoms with Gasteiger partial charge in [0.1, 0.15) is 0 Å².